The molecule has 0 saturated heterocycles. The van der Waals surface area contributed by atoms with E-state index in [9.17, 15) is 0 Å². The Morgan fingerprint density at radius 2 is 2.24 bits per heavy atom. The molecule has 0 N–H and O–H groups in total. The average molecular weight is 261 g/mol. The van der Waals surface area contributed by atoms with Gasteiger partial charge in [0.05, 0.1) is 16.0 Å². The van der Waals surface area contributed by atoms with Gasteiger partial charge in [0.25, 0.3) is 0 Å². The van der Waals surface area contributed by atoms with E-state index in [1.54, 1.807) is 23.1 Å². The molecule has 3 nitrogen and oxygen atoms in total. The number of aromatic nitrogens is 3. The molecule has 3 aromatic rings. The van der Waals surface area contributed by atoms with E-state index < -0.39 is 0 Å². The summed E-state index contributed by atoms with van der Waals surface area (Å²) >= 11 is 3.48. The monoisotopic (exact) mass is 261 g/mol. The van der Waals surface area contributed by atoms with Gasteiger partial charge in [0.1, 0.15) is 5.82 Å². The molecule has 0 amide bonds. The van der Waals surface area contributed by atoms with Gasteiger partial charge in [-0.2, -0.15) is 0 Å². The van der Waals surface area contributed by atoms with Gasteiger partial charge in [-0.3, -0.25) is 0 Å². The molecule has 0 saturated carbocycles. The summed E-state index contributed by atoms with van der Waals surface area (Å²) in [6.45, 7) is 0. The first kappa shape index (κ1) is 10.8. The maximum atomic E-state index is 4.59. The summed E-state index contributed by atoms with van der Waals surface area (Å²) in [5.41, 5.74) is 1.08. The van der Waals surface area contributed by atoms with Gasteiger partial charge in [-0.05, 0) is 12.1 Å². The third-order valence-electron chi connectivity index (χ3n) is 2.52. The van der Waals surface area contributed by atoms with E-state index in [-0.39, 0.29) is 0 Å². The highest BCUT2D eigenvalue weighted by atomic mass is 32.2. The van der Waals surface area contributed by atoms with Crippen LogP contribution in [0.3, 0.4) is 0 Å². The normalized spacial score (nSPS) is 11.1. The molecule has 0 radical (unpaired) electrons. The number of thioether (sulfide) groups is 1. The van der Waals surface area contributed by atoms with Crippen molar-refractivity contribution in [3.05, 3.63) is 42.5 Å². The molecule has 2 aromatic heterocycles. The van der Waals surface area contributed by atoms with E-state index in [1.807, 2.05) is 36.1 Å². The fraction of sp³-hybridized carbons (Fsp3) is 0.167. The van der Waals surface area contributed by atoms with Gasteiger partial charge < -0.3 is 4.57 Å². The van der Waals surface area contributed by atoms with E-state index >= 15 is 0 Å². The molecule has 0 aliphatic rings. The molecule has 5 heteroatoms. The highest BCUT2D eigenvalue weighted by molar-refractivity contribution is 8.00. The molecule has 0 aliphatic heterocycles. The largest absolute Gasteiger partial charge is 0.337 e. The smallest absolute Gasteiger partial charge is 0.151 e. The molecule has 0 spiro atoms. The lowest BCUT2D eigenvalue weighted by molar-refractivity contribution is 0.849. The highest BCUT2D eigenvalue weighted by Crippen LogP contribution is 2.30. The second kappa shape index (κ2) is 4.50. The van der Waals surface area contributed by atoms with E-state index in [0.717, 1.165) is 21.4 Å². The SMILES string of the molecule is Cn1ccnc1CSc1nc2ccccc2s1. The van der Waals surface area contributed by atoms with Gasteiger partial charge >= 0.3 is 0 Å². The maximum Gasteiger partial charge on any atom is 0.151 e. The lowest BCUT2D eigenvalue weighted by Gasteiger charge is -1.98. The number of rotatable bonds is 3. The molecule has 1 aromatic carbocycles. The summed E-state index contributed by atoms with van der Waals surface area (Å²) in [5.74, 6) is 1.94. The lowest BCUT2D eigenvalue weighted by atomic mass is 10.3. The first-order chi connectivity index (χ1) is 8.33. The third-order valence-corrected chi connectivity index (χ3v) is 4.70. The van der Waals surface area contributed by atoms with Gasteiger partial charge in [-0.15, -0.1) is 11.3 Å². The number of hydrogen-bond acceptors (Lipinski definition) is 4. The topological polar surface area (TPSA) is 30.7 Å². The third kappa shape index (κ3) is 2.21. The molecule has 86 valence electrons. The quantitative estimate of drug-likeness (QED) is 0.678. The molecule has 0 aliphatic carbocycles. The second-order valence-electron chi connectivity index (χ2n) is 3.69. The minimum Gasteiger partial charge on any atom is -0.337 e. The summed E-state index contributed by atoms with van der Waals surface area (Å²) in [4.78, 5) is 8.89. The summed E-state index contributed by atoms with van der Waals surface area (Å²) in [7, 11) is 2.02. The fourth-order valence-electron chi connectivity index (χ4n) is 1.57. The summed E-state index contributed by atoms with van der Waals surface area (Å²) < 4.78 is 4.39. The van der Waals surface area contributed by atoms with Crippen molar-refractivity contribution >= 4 is 33.3 Å². The van der Waals surface area contributed by atoms with Crippen molar-refractivity contribution in [2.45, 2.75) is 10.1 Å². The number of hydrogen-bond donors (Lipinski definition) is 0. The average Bonchev–Trinajstić information content (AvgIpc) is 2.92. The lowest BCUT2D eigenvalue weighted by Crippen LogP contribution is -1.93. The number of aryl methyl sites for hydroxylation is 1. The minimum absolute atomic E-state index is 0.864. The Hall–Kier alpha value is -1.33. The van der Waals surface area contributed by atoms with Gasteiger partial charge in [0.15, 0.2) is 4.34 Å². The Labute approximate surface area is 108 Å². The van der Waals surface area contributed by atoms with Crippen molar-refractivity contribution < 1.29 is 0 Å². The minimum atomic E-state index is 0.864. The van der Waals surface area contributed by atoms with Gasteiger partial charge in [0, 0.05) is 19.4 Å². The van der Waals surface area contributed by atoms with E-state index in [2.05, 4.69) is 22.1 Å². The predicted octanol–water partition coefficient (Wildman–Crippen LogP) is 3.32. The number of thiazole rings is 1. The van der Waals surface area contributed by atoms with Crippen molar-refractivity contribution in [1.29, 1.82) is 0 Å². The zero-order chi connectivity index (χ0) is 11.7. The van der Waals surface area contributed by atoms with Gasteiger partial charge in [0.2, 0.25) is 0 Å². The van der Waals surface area contributed by atoms with Crippen molar-refractivity contribution in [2.75, 3.05) is 0 Å². The van der Waals surface area contributed by atoms with Crippen LogP contribution in [-0.2, 0) is 12.8 Å². The van der Waals surface area contributed by atoms with Crippen LogP contribution in [0.15, 0.2) is 41.0 Å². The van der Waals surface area contributed by atoms with Crippen LogP contribution in [0.1, 0.15) is 5.82 Å². The first-order valence-corrected chi connectivity index (χ1v) is 7.08. The molecule has 0 atom stereocenters. The van der Waals surface area contributed by atoms with Crippen molar-refractivity contribution in [2.24, 2.45) is 7.05 Å². The summed E-state index contributed by atoms with van der Waals surface area (Å²) in [5, 5.41) is 0. The molecule has 3 rings (SSSR count). The number of benzene rings is 1. The van der Waals surface area contributed by atoms with Gasteiger partial charge in [-0.1, -0.05) is 23.9 Å². The molecule has 0 bridgehead atoms. The second-order valence-corrected chi connectivity index (χ2v) is 5.94. The zero-order valence-corrected chi connectivity index (χ0v) is 11.0. The van der Waals surface area contributed by atoms with E-state index in [1.165, 1.54) is 4.70 Å². The predicted molar refractivity (Wildman–Crippen MR) is 72.4 cm³/mol. The van der Waals surface area contributed by atoms with Crippen LogP contribution < -0.4 is 0 Å². The summed E-state index contributed by atoms with van der Waals surface area (Å²) in [6.07, 6.45) is 3.79. The Morgan fingerprint density at radius 3 is 3.00 bits per heavy atom. The maximum absolute atomic E-state index is 4.59. The molecular formula is C12H11N3S2. The number of imidazole rings is 1. The molecule has 17 heavy (non-hydrogen) atoms. The number of nitrogens with zero attached hydrogens (tertiary/aromatic N) is 3. The van der Waals surface area contributed by atoms with Crippen LogP contribution in [0.25, 0.3) is 10.2 Å². The fourth-order valence-corrected chi connectivity index (χ4v) is 3.65. The standard InChI is InChI=1S/C12H11N3S2/c1-15-7-6-13-11(15)8-16-12-14-9-4-2-3-5-10(9)17-12/h2-7H,8H2,1H3. The van der Waals surface area contributed by atoms with Crippen molar-refractivity contribution in [1.82, 2.24) is 14.5 Å². The van der Waals surface area contributed by atoms with Crippen LogP contribution in [0.4, 0.5) is 0 Å². The van der Waals surface area contributed by atoms with Crippen LogP contribution in [-0.4, -0.2) is 14.5 Å². The van der Waals surface area contributed by atoms with E-state index in [0.29, 0.717) is 0 Å². The molecular weight excluding hydrogens is 250 g/mol. The molecule has 2 heterocycles. The van der Waals surface area contributed by atoms with Crippen LogP contribution >= 0.6 is 23.1 Å². The van der Waals surface area contributed by atoms with Gasteiger partial charge in [-0.25, -0.2) is 9.97 Å². The Balaban J connectivity index is 1.79. The zero-order valence-electron chi connectivity index (χ0n) is 9.33. The Bertz CT molecular complexity index is 609. The van der Waals surface area contributed by atoms with Crippen LogP contribution in [0, 0.1) is 0 Å². The number of para-hydroxylation sites is 1. The van der Waals surface area contributed by atoms with Crippen molar-refractivity contribution in [3.63, 3.8) is 0 Å². The van der Waals surface area contributed by atoms with E-state index in [4.69, 9.17) is 0 Å². The van der Waals surface area contributed by atoms with Crippen molar-refractivity contribution in [3.8, 4) is 0 Å². The van der Waals surface area contributed by atoms with Crippen LogP contribution in [0.2, 0.25) is 0 Å². The molecule has 0 fully saturated rings. The summed E-state index contributed by atoms with van der Waals surface area (Å²) in [6, 6.07) is 8.23. The molecule has 0 unspecified atom stereocenters. The van der Waals surface area contributed by atoms with Crippen LogP contribution in [0.5, 0.6) is 0 Å². The first-order valence-electron chi connectivity index (χ1n) is 5.27. The highest BCUT2D eigenvalue weighted by Gasteiger charge is 2.05. The Morgan fingerprint density at radius 1 is 1.35 bits per heavy atom. The number of fused-ring (bicyclic) bond motifs is 1. The Kier molecular flexibility index (Phi) is 2.86.